The lowest BCUT2D eigenvalue weighted by atomic mass is 10.0. The van der Waals surface area contributed by atoms with Gasteiger partial charge in [0.2, 0.25) is 0 Å². The highest BCUT2D eigenvalue weighted by atomic mass is 35.5. The zero-order valence-corrected chi connectivity index (χ0v) is 15.2. The van der Waals surface area contributed by atoms with Crippen molar-refractivity contribution in [2.24, 2.45) is 0 Å². The van der Waals surface area contributed by atoms with Crippen molar-refractivity contribution in [2.45, 2.75) is 26.3 Å². The summed E-state index contributed by atoms with van der Waals surface area (Å²) in [5.74, 6) is 0. The molecule has 2 heterocycles. The Balaban J connectivity index is 0.00000182. The lowest BCUT2D eigenvalue weighted by molar-refractivity contribution is 0.331. The molecule has 1 aromatic heterocycles. The predicted octanol–water partition coefficient (Wildman–Crippen LogP) is 4.52. The van der Waals surface area contributed by atoms with Gasteiger partial charge in [0.05, 0.1) is 0 Å². The number of nitrogens with one attached hydrogen (secondary N) is 1. The van der Waals surface area contributed by atoms with Crippen molar-refractivity contribution < 1.29 is 0 Å². The fourth-order valence-corrected chi connectivity index (χ4v) is 3.58. The number of halogens is 1. The van der Waals surface area contributed by atoms with E-state index < -0.39 is 0 Å². The number of nitrogens with zero attached hydrogens (tertiary/aromatic N) is 1. The maximum absolute atomic E-state index is 12.4. The van der Waals surface area contributed by atoms with Crippen LogP contribution in [-0.2, 0) is 6.54 Å². The predicted molar refractivity (Wildman–Crippen MR) is 107 cm³/mol. The van der Waals surface area contributed by atoms with E-state index in [1.165, 1.54) is 31.5 Å². The van der Waals surface area contributed by atoms with Crippen LogP contribution in [0.15, 0.2) is 53.3 Å². The molecule has 4 rings (SSSR count). The van der Waals surface area contributed by atoms with Crippen LogP contribution < -0.4 is 5.56 Å². The Hall–Kier alpha value is -2.10. The standard InChI is InChI=1S/C21H22N2O.ClH/c1-15-5-4-6-18-19(15)13-20(22-21(18)24)17-9-7-16(8-10-17)14-23-11-2-3-12-23;/h4-10,13H,2-3,11-12,14H2,1H3,(H,22,24);1H. The van der Waals surface area contributed by atoms with Gasteiger partial charge in [-0.2, -0.15) is 0 Å². The molecule has 0 amide bonds. The Labute approximate surface area is 154 Å². The third-order valence-electron chi connectivity index (χ3n) is 4.98. The van der Waals surface area contributed by atoms with Crippen LogP contribution in [0.4, 0.5) is 0 Å². The fraction of sp³-hybridized carbons (Fsp3) is 0.286. The minimum atomic E-state index is -0.0210. The quantitative estimate of drug-likeness (QED) is 0.750. The SMILES string of the molecule is Cc1cccc2c(=O)[nH]c(-c3ccc(CN4CCCC4)cc3)cc12.Cl. The second-order valence-corrected chi connectivity index (χ2v) is 6.73. The molecule has 0 atom stereocenters. The molecule has 0 spiro atoms. The minimum Gasteiger partial charge on any atom is -0.321 e. The average molecular weight is 355 g/mol. The number of rotatable bonds is 3. The summed E-state index contributed by atoms with van der Waals surface area (Å²) in [6.07, 6.45) is 2.63. The number of aromatic amines is 1. The van der Waals surface area contributed by atoms with Crippen LogP contribution >= 0.6 is 12.4 Å². The fourth-order valence-electron chi connectivity index (χ4n) is 3.58. The molecule has 2 aromatic carbocycles. The minimum absolute atomic E-state index is 0. The lowest BCUT2D eigenvalue weighted by Gasteiger charge is -2.14. The second kappa shape index (κ2) is 7.42. The van der Waals surface area contributed by atoms with Crippen LogP contribution in [0.5, 0.6) is 0 Å². The van der Waals surface area contributed by atoms with Crippen LogP contribution in [0.25, 0.3) is 22.0 Å². The van der Waals surface area contributed by atoms with Crippen molar-refractivity contribution in [3.63, 3.8) is 0 Å². The Morgan fingerprint density at radius 1 is 1.00 bits per heavy atom. The van der Waals surface area contributed by atoms with Crippen molar-refractivity contribution in [2.75, 3.05) is 13.1 Å². The van der Waals surface area contributed by atoms with Gasteiger partial charge >= 0.3 is 0 Å². The van der Waals surface area contributed by atoms with Crippen LogP contribution in [0, 0.1) is 6.92 Å². The van der Waals surface area contributed by atoms with Gasteiger partial charge in [-0.3, -0.25) is 9.69 Å². The summed E-state index contributed by atoms with van der Waals surface area (Å²) in [6.45, 7) is 5.48. The molecule has 1 N–H and O–H groups in total. The molecule has 1 aliphatic heterocycles. The van der Waals surface area contributed by atoms with Crippen LogP contribution in [0.2, 0.25) is 0 Å². The zero-order chi connectivity index (χ0) is 16.5. The molecule has 130 valence electrons. The Morgan fingerprint density at radius 2 is 1.72 bits per heavy atom. The Bertz CT molecular complexity index is 925. The second-order valence-electron chi connectivity index (χ2n) is 6.73. The molecule has 0 unspecified atom stereocenters. The molecule has 25 heavy (non-hydrogen) atoms. The summed E-state index contributed by atoms with van der Waals surface area (Å²) in [6, 6.07) is 16.5. The number of hydrogen-bond acceptors (Lipinski definition) is 2. The van der Waals surface area contributed by atoms with Gasteiger partial charge in [-0.15, -0.1) is 12.4 Å². The molecule has 1 fully saturated rings. The smallest absolute Gasteiger partial charge is 0.256 e. The maximum atomic E-state index is 12.4. The number of fused-ring (bicyclic) bond motifs is 1. The normalized spacial score (nSPS) is 14.6. The van der Waals surface area contributed by atoms with E-state index in [1.54, 1.807) is 0 Å². The van der Waals surface area contributed by atoms with Crippen molar-refractivity contribution >= 4 is 23.2 Å². The highest BCUT2D eigenvalue weighted by Gasteiger charge is 2.12. The molecular weight excluding hydrogens is 332 g/mol. The first kappa shape index (κ1) is 17.7. The number of aryl methyl sites for hydroxylation is 1. The molecule has 1 saturated heterocycles. The van der Waals surface area contributed by atoms with E-state index in [0.717, 1.165) is 34.1 Å². The Kier molecular flexibility index (Phi) is 5.26. The first-order valence-corrected chi connectivity index (χ1v) is 8.65. The molecule has 0 bridgehead atoms. The molecule has 4 heteroatoms. The van der Waals surface area contributed by atoms with Gasteiger partial charge in [0, 0.05) is 17.6 Å². The number of hydrogen-bond donors (Lipinski definition) is 1. The third kappa shape index (κ3) is 3.63. The number of benzene rings is 2. The van der Waals surface area contributed by atoms with Gasteiger partial charge in [-0.1, -0.05) is 36.4 Å². The molecule has 1 aliphatic rings. The Morgan fingerprint density at radius 3 is 2.44 bits per heavy atom. The average Bonchev–Trinajstić information content (AvgIpc) is 3.09. The van der Waals surface area contributed by atoms with Crippen LogP contribution in [0.3, 0.4) is 0 Å². The number of pyridine rings is 1. The highest BCUT2D eigenvalue weighted by molar-refractivity contribution is 5.87. The van der Waals surface area contributed by atoms with E-state index in [4.69, 9.17) is 0 Å². The molecule has 0 aliphatic carbocycles. The topological polar surface area (TPSA) is 36.1 Å². The summed E-state index contributed by atoms with van der Waals surface area (Å²) in [5.41, 5.74) is 4.38. The lowest BCUT2D eigenvalue weighted by Crippen LogP contribution is -2.18. The van der Waals surface area contributed by atoms with E-state index in [9.17, 15) is 4.79 Å². The van der Waals surface area contributed by atoms with E-state index in [2.05, 4.69) is 40.2 Å². The summed E-state index contributed by atoms with van der Waals surface area (Å²) in [7, 11) is 0. The zero-order valence-electron chi connectivity index (χ0n) is 14.4. The molecule has 3 aromatic rings. The van der Waals surface area contributed by atoms with E-state index in [0.29, 0.717) is 0 Å². The van der Waals surface area contributed by atoms with Crippen molar-refractivity contribution in [1.29, 1.82) is 0 Å². The highest BCUT2D eigenvalue weighted by Crippen LogP contribution is 2.23. The number of H-pyrrole nitrogens is 1. The summed E-state index contributed by atoms with van der Waals surface area (Å²) >= 11 is 0. The summed E-state index contributed by atoms with van der Waals surface area (Å²) < 4.78 is 0. The van der Waals surface area contributed by atoms with Crippen LogP contribution in [-0.4, -0.2) is 23.0 Å². The van der Waals surface area contributed by atoms with Crippen molar-refractivity contribution in [1.82, 2.24) is 9.88 Å². The largest absolute Gasteiger partial charge is 0.321 e. The maximum Gasteiger partial charge on any atom is 0.256 e. The van der Waals surface area contributed by atoms with Gasteiger partial charge in [0.1, 0.15) is 0 Å². The first-order valence-electron chi connectivity index (χ1n) is 8.65. The summed E-state index contributed by atoms with van der Waals surface area (Å²) in [5, 5.41) is 1.78. The molecule has 0 saturated carbocycles. The number of likely N-dealkylation sites (tertiary alicyclic amines) is 1. The third-order valence-corrected chi connectivity index (χ3v) is 4.98. The van der Waals surface area contributed by atoms with Gasteiger partial charge in [0.15, 0.2) is 0 Å². The summed E-state index contributed by atoms with van der Waals surface area (Å²) in [4.78, 5) is 17.9. The van der Waals surface area contributed by atoms with Crippen molar-refractivity contribution in [3.05, 3.63) is 70.0 Å². The van der Waals surface area contributed by atoms with E-state index in [1.807, 2.05) is 25.1 Å². The monoisotopic (exact) mass is 354 g/mol. The van der Waals surface area contributed by atoms with E-state index >= 15 is 0 Å². The van der Waals surface area contributed by atoms with Crippen LogP contribution in [0.1, 0.15) is 24.0 Å². The molecule has 0 radical (unpaired) electrons. The van der Waals surface area contributed by atoms with Gasteiger partial charge in [0.25, 0.3) is 5.56 Å². The first-order chi connectivity index (χ1) is 11.7. The molecular formula is C21H23ClN2O. The van der Waals surface area contributed by atoms with Gasteiger partial charge < -0.3 is 4.98 Å². The van der Waals surface area contributed by atoms with Crippen molar-refractivity contribution in [3.8, 4) is 11.3 Å². The molecule has 3 nitrogen and oxygen atoms in total. The van der Waals surface area contributed by atoms with Gasteiger partial charge in [-0.25, -0.2) is 0 Å². The number of aromatic nitrogens is 1. The van der Waals surface area contributed by atoms with E-state index in [-0.39, 0.29) is 18.0 Å². The van der Waals surface area contributed by atoms with Gasteiger partial charge in [-0.05, 0) is 67.1 Å².